The maximum absolute atomic E-state index is 5.77. The van der Waals surface area contributed by atoms with Gasteiger partial charge in [-0.1, -0.05) is 6.92 Å². The van der Waals surface area contributed by atoms with Gasteiger partial charge in [0, 0.05) is 29.7 Å². The molecule has 1 aliphatic carbocycles. The number of fused-ring (bicyclic) bond motifs is 3. The molecule has 0 saturated carbocycles. The van der Waals surface area contributed by atoms with E-state index in [4.69, 9.17) is 4.42 Å². The van der Waals surface area contributed by atoms with E-state index in [2.05, 4.69) is 30.1 Å². The molecular weight excluding hydrogens is 188 g/mol. The maximum Gasteiger partial charge on any atom is 0.113 e. The van der Waals surface area contributed by atoms with Crippen molar-refractivity contribution >= 4 is 0 Å². The summed E-state index contributed by atoms with van der Waals surface area (Å²) < 4.78 is 5.77. The second-order valence-corrected chi connectivity index (χ2v) is 4.08. The van der Waals surface area contributed by atoms with Gasteiger partial charge in [-0.3, -0.25) is 5.10 Å². The average Bonchev–Trinajstić information content (AvgIpc) is 2.81. The molecule has 0 spiro atoms. The Morgan fingerprint density at radius 2 is 2.33 bits per heavy atom. The first kappa shape index (κ1) is 8.77. The van der Waals surface area contributed by atoms with Crippen molar-refractivity contribution in [3.05, 3.63) is 28.8 Å². The van der Waals surface area contributed by atoms with Crippen molar-refractivity contribution in [3.63, 3.8) is 0 Å². The van der Waals surface area contributed by atoms with Gasteiger partial charge < -0.3 is 4.42 Å². The van der Waals surface area contributed by atoms with Crippen LogP contribution in [-0.2, 0) is 19.3 Å². The number of nitrogens with one attached hydrogen (secondary N) is 1. The van der Waals surface area contributed by atoms with Crippen LogP contribution in [0.2, 0.25) is 0 Å². The molecule has 0 unspecified atom stereocenters. The van der Waals surface area contributed by atoms with Gasteiger partial charge in [0.05, 0.1) is 5.69 Å². The van der Waals surface area contributed by atoms with Crippen molar-refractivity contribution < 1.29 is 4.42 Å². The monoisotopic (exact) mass is 202 g/mol. The van der Waals surface area contributed by atoms with Gasteiger partial charge in [-0.2, -0.15) is 5.10 Å². The number of aryl methyl sites for hydroxylation is 3. The topological polar surface area (TPSA) is 41.8 Å². The van der Waals surface area contributed by atoms with Gasteiger partial charge in [0.15, 0.2) is 0 Å². The number of H-pyrrole nitrogens is 1. The van der Waals surface area contributed by atoms with Crippen molar-refractivity contribution in [3.8, 4) is 11.3 Å². The molecule has 2 aromatic rings. The standard InChI is InChI=1S/C12H14N2O/c1-3-8-6-10-11(15-8)5-4-9-7(2)13-14-12(9)10/h6H,3-5H2,1-2H3,(H,13,14). The summed E-state index contributed by atoms with van der Waals surface area (Å²) in [6.07, 6.45) is 3.00. The van der Waals surface area contributed by atoms with Gasteiger partial charge in [-0.15, -0.1) is 0 Å². The van der Waals surface area contributed by atoms with Gasteiger partial charge in [0.25, 0.3) is 0 Å². The summed E-state index contributed by atoms with van der Waals surface area (Å²) in [5.74, 6) is 2.17. The molecule has 0 bridgehead atoms. The molecule has 0 amide bonds. The molecule has 3 rings (SSSR count). The molecule has 3 nitrogen and oxygen atoms in total. The Balaban J connectivity index is 2.20. The smallest absolute Gasteiger partial charge is 0.113 e. The zero-order valence-electron chi connectivity index (χ0n) is 9.05. The third-order valence-electron chi connectivity index (χ3n) is 3.14. The molecule has 2 aromatic heterocycles. The lowest BCUT2D eigenvalue weighted by molar-refractivity contribution is 0.468. The molecule has 3 heteroatoms. The number of aromatic nitrogens is 2. The van der Waals surface area contributed by atoms with Gasteiger partial charge in [-0.25, -0.2) is 0 Å². The fraction of sp³-hybridized carbons (Fsp3) is 0.417. The van der Waals surface area contributed by atoms with Crippen LogP contribution in [0.4, 0.5) is 0 Å². The van der Waals surface area contributed by atoms with E-state index in [0.29, 0.717) is 0 Å². The highest BCUT2D eigenvalue weighted by Gasteiger charge is 2.23. The molecule has 0 saturated heterocycles. The number of furan rings is 1. The number of hydrogen-bond acceptors (Lipinski definition) is 2. The first-order valence-electron chi connectivity index (χ1n) is 5.45. The maximum atomic E-state index is 5.77. The first-order valence-corrected chi connectivity index (χ1v) is 5.45. The largest absolute Gasteiger partial charge is 0.465 e. The number of rotatable bonds is 1. The van der Waals surface area contributed by atoms with E-state index in [1.165, 1.54) is 16.8 Å². The Hall–Kier alpha value is -1.51. The van der Waals surface area contributed by atoms with Crippen LogP contribution < -0.4 is 0 Å². The van der Waals surface area contributed by atoms with Gasteiger partial charge in [-0.05, 0) is 19.4 Å². The molecule has 1 N–H and O–H groups in total. The quantitative estimate of drug-likeness (QED) is 0.772. The minimum Gasteiger partial charge on any atom is -0.465 e. The Bertz CT molecular complexity index is 508. The minimum atomic E-state index is 0.950. The highest BCUT2D eigenvalue weighted by molar-refractivity contribution is 5.68. The highest BCUT2D eigenvalue weighted by atomic mass is 16.3. The Morgan fingerprint density at radius 1 is 1.47 bits per heavy atom. The third-order valence-corrected chi connectivity index (χ3v) is 3.14. The number of hydrogen-bond donors (Lipinski definition) is 1. The van der Waals surface area contributed by atoms with Crippen molar-refractivity contribution in [2.24, 2.45) is 0 Å². The van der Waals surface area contributed by atoms with Crippen LogP contribution in [-0.4, -0.2) is 10.2 Å². The first-order chi connectivity index (χ1) is 7.29. The van der Waals surface area contributed by atoms with Crippen LogP contribution in [0.25, 0.3) is 11.3 Å². The van der Waals surface area contributed by atoms with Crippen molar-refractivity contribution in [2.75, 3.05) is 0 Å². The molecule has 15 heavy (non-hydrogen) atoms. The van der Waals surface area contributed by atoms with E-state index in [-0.39, 0.29) is 0 Å². The minimum absolute atomic E-state index is 0.950. The molecule has 0 radical (unpaired) electrons. The van der Waals surface area contributed by atoms with Crippen LogP contribution in [0, 0.1) is 6.92 Å². The summed E-state index contributed by atoms with van der Waals surface area (Å²) in [6.45, 7) is 4.19. The van der Waals surface area contributed by atoms with E-state index in [0.717, 1.165) is 36.5 Å². The predicted molar refractivity (Wildman–Crippen MR) is 57.8 cm³/mol. The van der Waals surface area contributed by atoms with Crippen LogP contribution >= 0.6 is 0 Å². The average molecular weight is 202 g/mol. The van der Waals surface area contributed by atoms with Gasteiger partial charge in [0.1, 0.15) is 11.5 Å². The predicted octanol–water partition coefficient (Wildman–Crippen LogP) is 2.64. The van der Waals surface area contributed by atoms with E-state index in [1.807, 2.05) is 0 Å². The van der Waals surface area contributed by atoms with Gasteiger partial charge in [0.2, 0.25) is 0 Å². The molecule has 0 fully saturated rings. The lowest BCUT2D eigenvalue weighted by atomic mass is 9.94. The summed E-state index contributed by atoms with van der Waals surface area (Å²) in [5.41, 5.74) is 4.83. The Morgan fingerprint density at radius 3 is 3.13 bits per heavy atom. The van der Waals surface area contributed by atoms with Crippen molar-refractivity contribution in [2.45, 2.75) is 33.1 Å². The fourth-order valence-electron chi connectivity index (χ4n) is 2.26. The van der Waals surface area contributed by atoms with Crippen LogP contribution in [0.3, 0.4) is 0 Å². The lowest BCUT2D eigenvalue weighted by Crippen LogP contribution is -2.00. The summed E-state index contributed by atoms with van der Waals surface area (Å²) in [5, 5.41) is 7.42. The molecule has 0 aromatic carbocycles. The molecule has 0 aliphatic heterocycles. The van der Waals surface area contributed by atoms with Crippen molar-refractivity contribution in [1.29, 1.82) is 0 Å². The summed E-state index contributed by atoms with van der Waals surface area (Å²) in [6, 6.07) is 2.13. The van der Waals surface area contributed by atoms with Crippen molar-refractivity contribution in [1.82, 2.24) is 10.2 Å². The molecule has 1 aliphatic rings. The highest BCUT2D eigenvalue weighted by Crippen LogP contribution is 2.35. The second kappa shape index (κ2) is 2.99. The van der Waals surface area contributed by atoms with E-state index in [9.17, 15) is 0 Å². The lowest BCUT2D eigenvalue weighted by Gasteiger charge is -2.09. The van der Waals surface area contributed by atoms with Crippen LogP contribution in [0.5, 0.6) is 0 Å². The second-order valence-electron chi connectivity index (χ2n) is 4.08. The summed E-state index contributed by atoms with van der Waals surface area (Å²) in [4.78, 5) is 0. The van der Waals surface area contributed by atoms with E-state index >= 15 is 0 Å². The zero-order chi connectivity index (χ0) is 10.4. The molecule has 0 atom stereocenters. The normalized spacial score (nSPS) is 13.7. The molecular formula is C12H14N2O. The number of nitrogens with zero attached hydrogens (tertiary/aromatic N) is 1. The Kier molecular flexibility index (Phi) is 1.75. The van der Waals surface area contributed by atoms with Gasteiger partial charge >= 0.3 is 0 Å². The fourth-order valence-corrected chi connectivity index (χ4v) is 2.26. The summed E-state index contributed by atoms with van der Waals surface area (Å²) in [7, 11) is 0. The SMILES string of the molecule is CCc1cc2c(o1)CCc1c-2n[nH]c1C. The molecule has 2 heterocycles. The Labute approximate surface area is 88.5 Å². The molecule has 78 valence electrons. The van der Waals surface area contributed by atoms with Crippen LogP contribution in [0.1, 0.15) is 29.7 Å². The van der Waals surface area contributed by atoms with E-state index < -0.39 is 0 Å². The number of aromatic amines is 1. The van der Waals surface area contributed by atoms with Crippen LogP contribution in [0.15, 0.2) is 10.5 Å². The third kappa shape index (κ3) is 1.16. The zero-order valence-corrected chi connectivity index (χ0v) is 9.05. The van der Waals surface area contributed by atoms with E-state index in [1.54, 1.807) is 0 Å². The summed E-state index contributed by atoms with van der Waals surface area (Å²) >= 11 is 0.